The monoisotopic (exact) mass is 579 g/mol. The summed E-state index contributed by atoms with van der Waals surface area (Å²) in [6.45, 7) is 3.67. The lowest BCUT2D eigenvalue weighted by Crippen LogP contribution is -2.68. The number of aryl methyl sites for hydroxylation is 1. The minimum absolute atomic E-state index is 0.0301. The molecular formula is C32H45N5O3S. The predicted octanol–water partition coefficient (Wildman–Crippen LogP) is 3.62. The number of thioether (sulfide) groups is 1. The molecule has 3 aliphatic carbocycles. The molecule has 8 unspecified atom stereocenters. The van der Waals surface area contributed by atoms with Crippen molar-refractivity contribution in [3.05, 3.63) is 36.1 Å². The van der Waals surface area contributed by atoms with Crippen LogP contribution >= 0.6 is 11.8 Å². The number of morpholine rings is 1. The van der Waals surface area contributed by atoms with Crippen molar-refractivity contribution in [2.45, 2.75) is 100 Å². The Labute approximate surface area is 248 Å². The third-order valence-electron chi connectivity index (χ3n) is 10.8. The Morgan fingerprint density at radius 1 is 1.02 bits per heavy atom. The second-order valence-corrected chi connectivity index (χ2v) is 14.6. The standard InChI is InChI=1S/C32H45N5O3S/c38-31-25-17-24(41-14-7-23-19-33-8-9-34-23)18-29-30(25)37(20-26(31)32(39)35-10-13-36-11-3-4-12-36)27-15-21-5-1-2-6-22(21)16-28(27)40-29/h8-9,19-22,24-25,27-30H,1-7,10-18H2,(H,35,39). The number of nitrogens with one attached hydrogen (secondary N) is 1. The van der Waals surface area contributed by atoms with Crippen LogP contribution in [-0.2, 0) is 20.7 Å². The molecule has 1 aromatic rings. The fraction of sp³-hybridized carbons (Fsp3) is 0.750. The maximum Gasteiger partial charge on any atom is 0.256 e. The van der Waals surface area contributed by atoms with Gasteiger partial charge in [-0.2, -0.15) is 11.8 Å². The highest BCUT2D eigenvalue weighted by molar-refractivity contribution is 7.99. The van der Waals surface area contributed by atoms with Gasteiger partial charge in [0.25, 0.3) is 5.91 Å². The molecule has 222 valence electrons. The van der Waals surface area contributed by atoms with Crippen molar-refractivity contribution in [3.8, 4) is 0 Å². The van der Waals surface area contributed by atoms with Crippen molar-refractivity contribution >= 4 is 23.5 Å². The van der Waals surface area contributed by atoms with Crippen LogP contribution in [0.25, 0.3) is 0 Å². The molecule has 2 saturated heterocycles. The van der Waals surface area contributed by atoms with Crippen molar-refractivity contribution in [2.24, 2.45) is 17.8 Å². The first kappa shape index (κ1) is 27.8. The fourth-order valence-electron chi connectivity index (χ4n) is 8.82. The summed E-state index contributed by atoms with van der Waals surface area (Å²) in [5.41, 5.74) is 1.38. The Balaban J connectivity index is 1.09. The van der Waals surface area contributed by atoms with Crippen LogP contribution in [0.2, 0.25) is 0 Å². The van der Waals surface area contributed by atoms with Gasteiger partial charge in [-0.1, -0.05) is 25.7 Å². The van der Waals surface area contributed by atoms with Gasteiger partial charge in [-0.15, -0.1) is 0 Å². The van der Waals surface area contributed by atoms with E-state index < -0.39 is 0 Å². The van der Waals surface area contributed by atoms with Gasteiger partial charge in [0.15, 0.2) is 5.78 Å². The first-order valence-electron chi connectivity index (χ1n) is 16.2. The van der Waals surface area contributed by atoms with Crippen LogP contribution in [0.4, 0.5) is 0 Å². The number of likely N-dealkylation sites (tertiary alicyclic amines) is 1. The summed E-state index contributed by atoms with van der Waals surface area (Å²) in [4.78, 5) is 41.1. The average Bonchev–Trinajstić information content (AvgIpc) is 3.51. The second-order valence-electron chi connectivity index (χ2n) is 13.2. The van der Waals surface area contributed by atoms with Gasteiger partial charge in [-0.3, -0.25) is 19.6 Å². The average molecular weight is 580 g/mol. The molecule has 1 amide bonds. The van der Waals surface area contributed by atoms with E-state index in [1.165, 1.54) is 38.5 Å². The van der Waals surface area contributed by atoms with Crippen molar-refractivity contribution in [3.63, 3.8) is 0 Å². The summed E-state index contributed by atoms with van der Waals surface area (Å²) in [5.74, 6) is 2.12. The van der Waals surface area contributed by atoms with Crippen LogP contribution in [0.15, 0.2) is 30.4 Å². The third-order valence-corrected chi connectivity index (χ3v) is 12.1. The van der Waals surface area contributed by atoms with Crippen molar-refractivity contribution in [1.29, 1.82) is 0 Å². The molecular weight excluding hydrogens is 534 g/mol. The molecule has 4 heterocycles. The van der Waals surface area contributed by atoms with E-state index in [0.717, 1.165) is 75.0 Å². The second kappa shape index (κ2) is 12.3. The molecule has 3 saturated carbocycles. The van der Waals surface area contributed by atoms with Crippen LogP contribution in [0.5, 0.6) is 0 Å². The van der Waals surface area contributed by atoms with Gasteiger partial charge in [0.05, 0.1) is 35.6 Å². The van der Waals surface area contributed by atoms with Gasteiger partial charge in [-0.05, 0) is 69.2 Å². The van der Waals surface area contributed by atoms with E-state index in [1.54, 1.807) is 12.4 Å². The highest BCUT2D eigenvalue weighted by Crippen LogP contribution is 2.50. The quantitative estimate of drug-likeness (QED) is 0.468. The molecule has 3 aliphatic heterocycles. The number of nitrogens with zero attached hydrogens (tertiary/aromatic N) is 4. The number of fused-ring (bicyclic) bond motifs is 3. The Morgan fingerprint density at radius 3 is 2.66 bits per heavy atom. The van der Waals surface area contributed by atoms with E-state index in [4.69, 9.17) is 4.74 Å². The number of ketones is 1. The first-order chi connectivity index (χ1) is 20.1. The first-order valence-corrected chi connectivity index (χ1v) is 17.2. The maximum absolute atomic E-state index is 14.0. The number of rotatable bonds is 8. The molecule has 5 fully saturated rings. The summed E-state index contributed by atoms with van der Waals surface area (Å²) in [7, 11) is 0. The zero-order chi connectivity index (χ0) is 27.8. The van der Waals surface area contributed by atoms with E-state index in [2.05, 4.69) is 25.1 Å². The summed E-state index contributed by atoms with van der Waals surface area (Å²) in [6.07, 6.45) is 20.2. The Bertz CT molecular complexity index is 1130. The summed E-state index contributed by atoms with van der Waals surface area (Å²) in [6, 6.07) is 0.335. The summed E-state index contributed by atoms with van der Waals surface area (Å²) >= 11 is 1.94. The fourth-order valence-corrected chi connectivity index (χ4v) is 10.2. The zero-order valence-electron chi connectivity index (χ0n) is 24.2. The minimum atomic E-state index is -0.184. The predicted molar refractivity (Wildman–Crippen MR) is 159 cm³/mol. The molecule has 7 rings (SSSR count). The lowest BCUT2D eigenvalue weighted by atomic mass is 9.65. The number of carbonyl (C=O) groups excluding carboxylic acids is 2. The Kier molecular flexibility index (Phi) is 8.37. The molecule has 0 bridgehead atoms. The van der Waals surface area contributed by atoms with Gasteiger partial charge >= 0.3 is 0 Å². The van der Waals surface area contributed by atoms with Crippen molar-refractivity contribution < 1.29 is 14.3 Å². The Hall–Kier alpha value is -1.97. The van der Waals surface area contributed by atoms with Crippen LogP contribution in [0.1, 0.15) is 69.9 Å². The molecule has 8 nitrogen and oxygen atoms in total. The normalized spacial score (nSPS) is 36.6. The minimum Gasteiger partial charge on any atom is -0.371 e. The van der Waals surface area contributed by atoms with Gasteiger partial charge < -0.3 is 19.9 Å². The van der Waals surface area contributed by atoms with E-state index >= 15 is 0 Å². The molecule has 9 heteroatoms. The number of amides is 1. The number of ether oxygens (including phenoxy) is 1. The summed E-state index contributed by atoms with van der Waals surface area (Å²) in [5, 5.41) is 3.45. The smallest absolute Gasteiger partial charge is 0.256 e. The molecule has 0 spiro atoms. The third kappa shape index (κ3) is 5.83. The number of hydrogen-bond donors (Lipinski definition) is 1. The molecule has 41 heavy (non-hydrogen) atoms. The van der Waals surface area contributed by atoms with Gasteiger partial charge in [0.2, 0.25) is 0 Å². The molecule has 0 radical (unpaired) electrons. The van der Waals surface area contributed by atoms with E-state index in [9.17, 15) is 9.59 Å². The maximum atomic E-state index is 14.0. The largest absolute Gasteiger partial charge is 0.371 e. The van der Waals surface area contributed by atoms with Gasteiger partial charge in [0, 0.05) is 55.5 Å². The van der Waals surface area contributed by atoms with Crippen LogP contribution in [-0.4, -0.2) is 92.9 Å². The van der Waals surface area contributed by atoms with Crippen molar-refractivity contribution in [2.75, 3.05) is 31.9 Å². The molecule has 6 aliphatic rings. The highest BCUT2D eigenvalue weighted by atomic mass is 32.2. The SMILES string of the molecule is O=C(NCCN1CCCC1)C1=CN2C3CC4CCCCC4CC3OC3CC(SCCc4cnccn4)CC(C1=O)C32. The van der Waals surface area contributed by atoms with Crippen LogP contribution in [0.3, 0.4) is 0 Å². The zero-order valence-corrected chi connectivity index (χ0v) is 25.0. The summed E-state index contributed by atoms with van der Waals surface area (Å²) < 4.78 is 6.98. The molecule has 1 aromatic heterocycles. The van der Waals surface area contributed by atoms with Crippen LogP contribution < -0.4 is 5.32 Å². The number of hydrogen-bond acceptors (Lipinski definition) is 8. The Morgan fingerprint density at radius 2 is 1.85 bits per heavy atom. The van der Waals surface area contributed by atoms with E-state index in [0.29, 0.717) is 17.4 Å². The number of carbonyl (C=O) groups is 2. The van der Waals surface area contributed by atoms with Crippen LogP contribution in [0, 0.1) is 17.8 Å². The van der Waals surface area contributed by atoms with Crippen molar-refractivity contribution in [1.82, 2.24) is 25.1 Å². The lowest BCUT2D eigenvalue weighted by Gasteiger charge is -2.59. The topological polar surface area (TPSA) is 87.7 Å². The number of Topliss-reactive ketones (excluding diaryl/α,β-unsaturated/α-hetero) is 1. The molecule has 0 aromatic carbocycles. The lowest BCUT2D eigenvalue weighted by molar-refractivity contribution is -0.192. The van der Waals surface area contributed by atoms with Gasteiger partial charge in [-0.25, -0.2) is 0 Å². The number of aromatic nitrogens is 2. The van der Waals surface area contributed by atoms with E-state index in [1.807, 2.05) is 24.2 Å². The molecule has 1 N–H and O–H groups in total. The van der Waals surface area contributed by atoms with E-state index in [-0.39, 0.29) is 41.9 Å². The highest BCUT2D eigenvalue weighted by Gasteiger charge is 2.56. The molecule has 8 atom stereocenters. The van der Waals surface area contributed by atoms with Gasteiger partial charge in [0.1, 0.15) is 0 Å².